The highest BCUT2D eigenvalue weighted by molar-refractivity contribution is 8.02. The third kappa shape index (κ3) is 6.25. The van der Waals surface area contributed by atoms with Gasteiger partial charge in [0.1, 0.15) is 17.9 Å². The molecule has 2 aromatic rings. The summed E-state index contributed by atoms with van der Waals surface area (Å²) in [6.45, 7) is 11.7. The van der Waals surface area contributed by atoms with Gasteiger partial charge in [-0.05, 0) is 47.6 Å². The molecule has 25 heavy (non-hydrogen) atoms. The molecule has 1 aromatic carbocycles. The zero-order valence-electron chi connectivity index (χ0n) is 15.7. The van der Waals surface area contributed by atoms with Crippen molar-refractivity contribution in [2.24, 2.45) is 0 Å². The second-order valence-corrected chi connectivity index (χ2v) is 13.1. The summed E-state index contributed by atoms with van der Waals surface area (Å²) in [7, 11) is -1.95. The van der Waals surface area contributed by atoms with E-state index in [-0.39, 0.29) is 5.04 Å². The van der Waals surface area contributed by atoms with Gasteiger partial charge in [0.05, 0.1) is 0 Å². The van der Waals surface area contributed by atoms with Gasteiger partial charge in [0.2, 0.25) is 0 Å². The Morgan fingerprint density at radius 3 is 2.36 bits per heavy atom. The summed E-state index contributed by atoms with van der Waals surface area (Å²) in [5, 5.41) is 1.79. The number of pyridine rings is 1. The van der Waals surface area contributed by atoms with Crippen molar-refractivity contribution in [3.63, 3.8) is 0 Å². The molecule has 0 aliphatic carbocycles. The smallest absolute Gasteiger partial charge is 0.251 e. The van der Waals surface area contributed by atoms with Gasteiger partial charge in [-0.3, -0.25) is 0 Å². The summed E-state index contributed by atoms with van der Waals surface area (Å²) in [5.41, 5.74) is 1.13. The van der Waals surface area contributed by atoms with E-state index in [0.717, 1.165) is 15.7 Å². The van der Waals surface area contributed by atoms with Crippen molar-refractivity contribution in [3.8, 4) is 0 Å². The number of aromatic nitrogens is 1. The topological polar surface area (TPSA) is 31.4 Å². The van der Waals surface area contributed by atoms with E-state index >= 15 is 0 Å². The molecule has 0 radical (unpaired) electrons. The van der Waals surface area contributed by atoms with Gasteiger partial charge in [-0.15, -0.1) is 0 Å². The first-order valence-corrected chi connectivity index (χ1v) is 12.1. The van der Waals surface area contributed by atoms with Crippen LogP contribution in [0.5, 0.6) is 0 Å². The van der Waals surface area contributed by atoms with E-state index in [1.807, 2.05) is 48.5 Å². The number of hydrogen-bond donors (Lipinski definition) is 0. The maximum absolute atomic E-state index is 6.44. The van der Waals surface area contributed by atoms with E-state index in [0.29, 0.717) is 6.61 Å². The highest BCUT2D eigenvalue weighted by atomic mass is 32.2. The van der Waals surface area contributed by atoms with Crippen LogP contribution >= 0.6 is 11.8 Å². The molecule has 1 aromatic heterocycles. The van der Waals surface area contributed by atoms with E-state index in [9.17, 15) is 0 Å². The molecule has 3 nitrogen and oxygen atoms in total. The van der Waals surface area contributed by atoms with Crippen molar-refractivity contribution in [1.29, 1.82) is 0 Å². The van der Waals surface area contributed by atoms with Gasteiger partial charge >= 0.3 is 0 Å². The predicted molar refractivity (Wildman–Crippen MR) is 108 cm³/mol. The van der Waals surface area contributed by atoms with E-state index in [1.54, 1.807) is 12.5 Å². The molecule has 5 heteroatoms. The summed E-state index contributed by atoms with van der Waals surface area (Å²) in [4.78, 5) is 4.38. The average molecular weight is 374 g/mol. The minimum atomic E-state index is -1.95. The lowest BCUT2D eigenvalue weighted by atomic mass is 10.2. The normalized spacial score (nSPS) is 12.8. The largest absolute Gasteiger partial charge is 0.537 e. The molecular formula is C20H27NO2SSi. The Morgan fingerprint density at radius 2 is 1.76 bits per heavy atom. The molecule has 0 atom stereocenters. The maximum Gasteiger partial charge on any atom is 0.251 e. The summed E-state index contributed by atoms with van der Waals surface area (Å²) in [5.74, 6) is 0. The molecule has 0 bridgehead atoms. The third-order valence-electron chi connectivity index (χ3n) is 4.28. The van der Waals surface area contributed by atoms with Crippen LogP contribution in [0.25, 0.3) is 0 Å². The van der Waals surface area contributed by atoms with Gasteiger partial charge in [0, 0.05) is 6.20 Å². The molecular weight excluding hydrogens is 346 g/mol. The maximum atomic E-state index is 6.44. The van der Waals surface area contributed by atoms with Crippen molar-refractivity contribution in [1.82, 2.24) is 4.98 Å². The van der Waals surface area contributed by atoms with Crippen LogP contribution in [0.1, 0.15) is 26.3 Å². The van der Waals surface area contributed by atoms with Gasteiger partial charge in [0.25, 0.3) is 8.32 Å². The number of benzene rings is 1. The standard InChI is InChI=1S/C20H27NO2SSi/c1-20(2,3)25(4,5)23-19(24-18-13-9-10-14-21-18)16-22-15-17-11-7-6-8-12-17/h6-14,16H,15H2,1-5H3/b19-16-. The van der Waals surface area contributed by atoms with Crippen LogP contribution in [0.15, 0.2) is 71.1 Å². The number of ether oxygens (including phenoxy) is 1. The van der Waals surface area contributed by atoms with Crippen molar-refractivity contribution < 1.29 is 9.16 Å². The van der Waals surface area contributed by atoms with Crippen LogP contribution in [0.2, 0.25) is 18.1 Å². The second kappa shape index (κ2) is 8.58. The Balaban J connectivity index is 2.12. The first-order chi connectivity index (χ1) is 11.8. The fourth-order valence-electron chi connectivity index (χ4n) is 1.76. The molecule has 134 valence electrons. The van der Waals surface area contributed by atoms with Crippen LogP contribution in [-0.2, 0) is 15.8 Å². The van der Waals surface area contributed by atoms with Crippen LogP contribution in [-0.4, -0.2) is 13.3 Å². The predicted octanol–water partition coefficient (Wildman–Crippen LogP) is 6.21. The Bertz CT molecular complexity index is 682. The molecule has 0 N–H and O–H groups in total. The van der Waals surface area contributed by atoms with Crippen molar-refractivity contribution >= 4 is 20.1 Å². The first kappa shape index (κ1) is 19.6. The highest BCUT2D eigenvalue weighted by Gasteiger charge is 2.39. The monoisotopic (exact) mass is 373 g/mol. The zero-order chi connectivity index (χ0) is 18.3. The Morgan fingerprint density at radius 1 is 1.08 bits per heavy atom. The number of rotatable bonds is 7. The molecule has 0 saturated heterocycles. The Labute approximate surface area is 156 Å². The summed E-state index contributed by atoms with van der Waals surface area (Å²) >= 11 is 1.50. The van der Waals surface area contributed by atoms with E-state index in [4.69, 9.17) is 9.16 Å². The molecule has 0 aliphatic rings. The molecule has 0 fully saturated rings. The number of nitrogens with zero attached hydrogens (tertiary/aromatic N) is 1. The van der Waals surface area contributed by atoms with Crippen molar-refractivity contribution in [3.05, 3.63) is 71.6 Å². The highest BCUT2D eigenvalue weighted by Crippen LogP contribution is 2.40. The fraction of sp³-hybridized carbons (Fsp3) is 0.350. The quantitative estimate of drug-likeness (QED) is 0.328. The van der Waals surface area contributed by atoms with Gasteiger partial charge in [-0.1, -0.05) is 57.2 Å². The third-order valence-corrected chi connectivity index (χ3v) is 9.60. The van der Waals surface area contributed by atoms with Gasteiger partial charge in [0.15, 0.2) is 5.09 Å². The van der Waals surface area contributed by atoms with Crippen LogP contribution < -0.4 is 0 Å². The van der Waals surface area contributed by atoms with E-state index in [1.165, 1.54) is 11.8 Å². The second-order valence-electron chi connectivity index (χ2n) is 7.37. The van der Waals surface area contributed by atoms with E-state index in [2.05, 4.69) is 38.8 Å². The summed E-state index contributed by atoms with van der Waals surface area (Å²) < 4.78 is 12.2. The number of thioether (sulfide) groups is 1. The van der Waals surface area contributed by atoms with Crippen molar-refractivity contribution in [2.75, 3.05) is 0 Å². The van der Waals surface area contributed by atoms with Gasteiger partial charge in [-0.25, -0.2) is 4.98 Å². The SMILES string of the molecule is CC(C)(C)[Si](C)(C)O/C(=C/OCc1ccccc1)Sc1ccccn1. The molecule has 0 unspecified atom stereocenters. The van der Waals surface area contributed by atoms with Crippen molar-refractivity contribution in [2.45, 2.75) is 50.5 Å². The summed E-state index contributed by atoms with van der Waals surface area (Å²) in [6, 6.07) is 16.0. The minimum Gasteiger partial charge on any atom is -0.537 e. The Hall–Kier alpha value is -1.72. The van der Waals surface area contributed by atoms with E-state index < -0.39 is 8.32 Å². The first-order valence-electron chi connectivity index (χ1n) is 8.41. The fourth-order valence-corrected chi connectivity index (χ4v) is 4.00. The van der Waals surface area contributed by atoms with Gasteiger partial charge in [-0.2, -0.15) is 0 Å². The van der Waals surface area contributed by atoms with Crippen LogP contribution in [0, 0.1) is 0 Å². The lowest BCUT2D eigenvalue weighted by Crippen LogP contribution is -2.40. The molecule has 0 aliphatic heterocycles. The molecule has 0 saturated carbocycles. The lowest BCUT2D eigenvalue weighted by Gasteiger charge is -2.36. The molecule has 1 heterocycles. The lowest BCUT2D eigenvalue weighted by molar-refractivity contribution is 0.223. The number of hydrogen-bond acceptors (Lipinski definition) is 4. The van der Waals surface area contributed by atoms with Crippen LogP contribution in [0.4, 0.5) is 0 Å². The molecule has 0 amide bonds. The Kier molecular flexibility index (Phi) is 6.73. The minimum absolute atomic E-state index is 0.121. The zero-order valence-corrected chi connectivity index (χ0v) is 17.5. The van der Waals surface area contributed by atoms with Crippen LogP contribution in [0.3, 0.4) is 0 Å². The molecule has 2 rings (SSSR count). The molecule has 0 spiro atoms. The van der Waals surface area contributed by atoms with Gasteiger partial charge < -0.3 is 9.16 Å². The summed E-state index contributed by atoms with van der Waals surface area (Å²) in [6.07, 6.45) is 3.52. The average Bonchev–Trinajstić information content (AvgIpc) is 2.55.